The molecule has 0 saturated heterocycles. The van der Waals surface area contributed by atoms with Crippen LogP contribution in [0.4, 0.5) is 5.69 Å². The molecule has 0 fully saturated rings. The van der Waals surface area contributed by atoms with Crippen molar-refractivity contribution in [3.63, 3.8) is 0 Å². The quantitative estimate of drug-likeness (QED) is 0.710. The summed E-state index contributed by atoms with van der Waals surface area (Å²) < 4.78 is 0. The number of hydrogen-bond donors (Lipinski definition) is 2. The molecule has 1 atom stereocenters. The number of carbonyl (C=O) groups excluding carboxylic acids is 2. The zero-order valence-corrected chi connectivity index (χ0v) is 15.4. The molecule has 3 rings (SSSR count). The Bertz CT molecular complexity index is 937. The number of carbonyl (C=O) groups is 2. The van der Waals surface area contributed by atoms with Crippen LogP contribution in [0.5, 0.6) is 0 Å². The van der Waals surface area contributed by atoms with Crippen LogP contribution in [0.1, 0.15) is 33.1 Å². The molecular weight excluding hydrogens is 336 g/mol. The van der Waals surface area contributed by atoms with Crippen molar-refractivity contribution < 1.29 is 9.59 Å². The fourth-order valence-electron chi connectivity index (χ4n) is 2.78. The second kappa shape index (κ2) is 8.32. The summed E-state index contributed by atoms with van der Waals surface area (Å²) in [5.74, 6) is -0.576. The van der Waals surface area contributed by atoms with Crippen LogP contribution in [0.2, 0.25) is 0 Å². The summed E-state index contributed by atoms with van der Waals surface area (Å²) in [6, 6.07) is 23.1. The zero-order valence-electron chi connectivity index (χ0n) is 15.4. The van der Waals surface area contributed by atoms with Gasteiger partial charge in [0.05, 0.1) is 0 Å². The van der Waals surface area contributed by atoms with Gasteiger partial charge >= 0.3 is 0 Å². The summed E-state index contributed by atoms with van der Waals surface area (Å²) in [6.45, 7) is 4.02. The SMILES string of the molecule is Cc1ccc(NC(=O)C(NC(=O)c2ccccc2)c2ccccc2)cc1C. The van der Waals surface area contributed by atoms with E-state index in [1.165, 1.54) is 0 Å². The molecular formula is C23H22N2O2. The molecule has 3 aromatic carbocycles. The van der Waals surface area contributed by atoms with Crippen LogP contribution in [-0.4, -0.2) is 11.8 Å². The summed E-state index contributed by atoms with van der Waals surface area (Å²) >= 11 is 0. The Balaban J connectivity index is 1.84. The minimum atomic E-state index is -0.791. The molecule has 2 amide bonds. The zero-order chi connectivity index (χ0) is 19.2. The second-order valence-electron chi connectivity index (χ2n) is 6.47. The summed E-state index contributed by atoms with van der Waals surface area (Å²) in [6.07, 6.45) is 0. The van der Waals surface area contributed by atoms with Crippen molar-refractivity contribution in [3.05, 3.63) is 101 Å². The van der Waals surface area contributed by atoms with Gasteiger partial charge in [-0.1, -0.05) is 54.6 Å². The Hall–Kier alpha value is -3.40. The van der Waals surface area contributed by atoms with E-state index in [1.54, 1.807) is 24.3 Å². The lowest BCUT2D eigenvalue weighted by atomic mass is 10.0. The van der Waals surface area contributed by atoms with Crippen LogP contribution in [0.3, 0.4) is 0 Å². The van der Waals surface area contributed by atoms with Crippen molar-refractivity contribution in [3.8, 4) is 0 Å². The number of nitrogens with one attached hydrogen (secondary N) is 2. The van der Waals surface area contributed by atoms with Gasteiger partial charge in [-0.25, -0.2) is 0 Å². The molecule has 27 heavy (non-hydrogen) atoms. The average Bonchev–Trinajstić information content (AvgIpc) is 2.70. The van der Waals surface area contributed by atoms with Crippen LogP contribution < -0.4 is 10.6 Å². The van der Waals surface area contributed by atoms with Crippen molar-refractivity contribution >= 4 is 17.5 Å². The fourth-order valence-corrected chi connectivity index (χ4v) is 2.78. The number of rotatable bonds is 5. The number of benzene rings is 3. The Morgan fingerprint density at radius 3 is 2.04 bits per heavy atom. The highest BCUT2D eigenvalue weighted by atomic mass is 16.2. The lowest BCUT2D eigenvalue weighted by Gasteiger charge is -2.19. The van der Waals surface area contributed by atoms with Crippen molar-refractivity contribution in [1.29, 1.82) is 0 Å². The lowest BCUT2D eigenvalue weighted by Crippen LogP contribution is -2.37. The van der Waals surface area contributed by atoms with Crippen LogP contribution in [-0.2, 0) is 4.79 Å². The van der Waals surface area contributed by atoms with Crippen molar-refractivity contribution in [2.45, 2.75) is 19.9 Å². The predicted octanol–water partition coefficient (Wildman–Crippen LogP) is 4.41. The summed E-state index contributed by atoms with van der Waals surface area (Å²) in [5, 5.41) is 5.76. The van der Waals surface area contributed by atoms with Gasteiger partial charge in [0.2, 0.25) is 0 Å². The van der Waals surface area contributed by atoms with E-state index >= 15 is 0 Å². The first-order valence-electron chi connectivity index (χ1n) is 8.83. The van der Waals surface area contributed by atoms with Gasteiger partial charge in [0, 0.05) is 11.3 Å². The molecule has 0 spiro atoms. The molecule has 4 nitrogen and oxygen atoms in total. The molecule has 0 aliphatic carbocycles. The molecule has 0 aromatic heterocycles. The standard InChI is InChI=1S/C23H22N2O2/c1-16-13-14-20(15-17(16)2)24-23(27)21(18-9-5-3-6-10-18)25-22(26)19-11-7-4-8-12-19/h3-15,21H,1-2H3,(H,24,27)(H,25,26). The molecule has 0 radical (unpaired) electrons. The Kier molecular flexibility index (Phi) is 5.67. The van der Waals surface area contributed by atoms with Gasteiger partial charge in [-0.05, 0) is 54.8 Å². The van der Waals surface area contributed by atoms with Gasteiger partial charge in [-0.3, -0.25) is 9.59 Å². The highest BCUT2D eigenvalue weighted by Crippen LogP contribution is 2.19. The number of anilines is 1. The average molecular weight is 358 g/mol. The minimum absolute atomic E-state index is 0.284. The third-order valence-corrected chi connectivity index (χ3v) is 4.48. The predicted molar refractivity (Wildman–Crippen MR) is 108 cm³/mol. The lowest BCUT2D eigenvalue weighted by molar-refractivity contribution is -0.118. The largest absolute Gasteiger partial charge is 0.336 e. The van der Waals surface area contributed by atoms with Gasteiger partial charge in [0.1, 0.15) is 6.04 Å². The van der Waals surface area contributed by atoms with Crippen molar-refractivity contribution in [1.82, 2.24) is 5.32 Å². The van der Waals surface area contributed by atoms with E-state index in [2.05, 4.69) is 10.6 Å². The molecule has 4 heteroatoms. The third kappa shape index (κ3) is 4.61. The van der Waals surface area contributed by atoms with E-state index in [0.717, 1.165) is 16.7 Å². The van der Waals surface area contributed by atoms with Gasteiger partial charge in [-0.2, -0.15) is 0 Å². The maximum Gasteiger partial charge on any atom is 0.252 e. The number of aryl methyl sites for hydroxylation is 2. The monoisotopic (exact) mass is 358 g/mol. The molecule has 3 aromatic rings. The van der Waals surface area contributed by atoms with Crippen molar-refractivity contribution in [2.75, 3.05) is 5.32 Å². The maximum atomic E-state index is 13.0. The number of hydrogen-bond acceptors (Lipinski definition) is 2. The first-order chi connectivity index (χ1) is 13.0. The molecule has 1 unspecified atom stereocenters. The first-order valence-corrected chi connectivity index (χ1v) is 8.83. The van der Waals surface area contributed by atoms with Gasteiger partial charge < -0.3 is 10.6 Å². The third-order valence-electron chi connectivity index (χ3n) is 4.48. The Labute approximate surface area is 159 Å². The van der Waals surface area contributed by atoms with Gasteiger partial charge in [0.15, 0.2) is 0 Å². The first kappa shape index (κ1) is 18.4. The summed E-state index contributed by atoms with van der Waals surface area (Å²) in [4.78, 5) is 25.5. The van der Waals surface area contributed by atoms with E-state index < -0.39 is 6.04 Å². The summed E-state index contributed by atoms with van der Waals surface area (Å²) in [7, 11) is 0. The fraction of sp³-hybridized carbons (Fsp3) is 0.130. The minimum Gasteiger partial charge on any atom is -0.336 e. The molecule has 0 saturated carbocycles. The van der Waals surface area contributed by atoms with Crippen LogP contribution in [0.25, 0.3) is 0 Å². The van der Waals surface area contributed by atoms with E-state index in [0.29, 0.717) is 11.3 Å². The maximum absolute atomic E-state index is 13.0. The van der Waals surface area contributed by atoms with Crippen LogP contribution in [0.15, 0.2) is 78.9 Å². The molecule has 0 heterocycles. The van der Waals surface area contributed by atoms with Gasteiger partial charge in [-0.15, -0.1) is 0 Å². The molecule has 0 aliphatic heterocycles. The smallest absolute Gasteiger partial charge is 0.252 e. The van der Waals surface area contributed by atoms with E-state index in [1.807, 2.05) is 68.4 Å². The second-order valence-corrected chi connectivity index (χ2v) is 6.47. The van der Waals surface area contributed by atoms with Gasteiger partial charge in [0.25, 0.3) is 11.8 Å². The highest BCUT2D eigenvalue weighted by molar-refractivity contribution is 6.01. The molecule has 136 valence electrons. The van der Waals surface area contributed by atoms with E-state index in [4.69, 9.17) is 0 Å². The number of amides is 2. The van der Waals surface area contributed by atoms with E-state index in [-0.39, 0.29) is 11.8 Å². The summed E-state index contributed by atoms with van der Waals surface area (Å²) in [5.41, 5.74) is 4.20. The molecule has 2 N–H and O–H groups in total. The van der Waals surface area contributed by atoms with E-state index in [9.17, 15) is 9.59 Å². The molecule has 0 aliphatic rings. The Morgan fingerprint density at radius 1 is 0.778 bits per heavy atom. The topological polar surface area (TPSA) is 58.2 Å². The van der Waals surface area contributed by atoms with Crippen LogP contribution in [0, 0.1) is 13.8 Å². The van der Waals surface area contributed by atoms with Crippen molar-refractivity contribution in [2.24, 2.45) is 0 Å². The molecule has 0 bridgehead atoms. The normalized spacial score (nSPS) is 11.5. The van der Waals surface area contributed by atoms with Crippen LogP contribution >= 0.6 is 0 Å². The Morgan fingerprint density at radius 2 is 1.41 bits per heavy atom. The highest BCUT2D eigenvalue weighted by Gasteiger charge is 2.23.